The minimum Gasteiger partial charge on any atom is -0.394 e. The number of aliphatic hydroxyl groups is 5. The molecule has 4 rings (SSSR count). The zero-order valence-corrected chi connectivity index (χ0v) is 15.6. The number of rotatable bonds is 4. The summed E-state index contributed by atoms with van der Waals surface area (Å²) in [5.74, 6) is -0.839. The molecule has 5 N–H and O–H groups in total. The van der Waals surface area contributed by atoms with Crippen molar-refractivity contribution in [2.24, 2.45) is 5.16 Å². The van der Waals surface area contributed by atoms with Crippen molar-refractivity contribution < 1.29 is 49.3 Å². The molecule has 3 saturated heterocycles. The van der Waals surface area contributed by atoms with Gasteiger partial charge >= 0.3 is 0 Å². The Morgan fingerprint density at radius 2 is 1.64 bits per heavy atom. The molecule has 11 heteroatoms. The van der Waals surface area contributed by atoms with E-state index in [1.54, 1.807) is 13.8 Å². The lowest BCUT2D eigenvalue weighted by molar-refractivity contribution is -0.234. The molecule has 0 aliphatic carbocycles. The summed E-state index contributed by atoms with van der Waals surface area (Å²) in [5.41, 5.74) is 0.544. The third kappa shape index (κ3) is 3.55. The van der Waals surface area contributed by atoms with Gasteiger partial charge in [0.05, 0.1) is 18.4 Å². The van der Waals surface area contributed by atoms with Crippen LogP contribution in [0.25, 0.3) is 0 Å². The molecule has 0 saturated carbocycles. The van der Waals surface area contributed by atoms with Crippen LogP contribution in [0, 0.1) is 0 Å². The maximum absolute atomic E-state index is 10.2. The Hall–Kier alpha value is -0.890. The molecule has 4 heterocycles. The third-order valence-electron chi connectivity index (χ3n) is 5.60. The van der Waals surface area contributed by atoms with Crippen LogP contribution >= 0.6 is 0 Å². The standard InChI is InChI=1S/C17H27NO10/c1-17(2)26-14-13(25-16(23)15(14)27-17)7-3-6(28-18-7)4-8-10(20)12(22)11(21)9(5-19)24-8/h6,8-16,19-23H,3-5H2,1-2H3/t6-,8+,9+,10+,11+,12+,13+,14-,15+,16?/m0/s1. The van der Waals surface area contributed by atoms with Gasteiger partial charge in [-0.05, 0) is 13.8 Å². The smallest absolute Gasteiger partial charge is 0.184 e. The van der Waals surface area contributed by atoms with Gasteiger partial charge in [0.2, 0.25) is 0 Å². The van der Waals surface area contributed by atoms with Gasteiger partial charge in [0.1, 0.15) is 48.8 Å². The zero-order chi connectivity index (χ0) is 20.2. The van der Waals surface area contributed by atoms with Gasteiger partial charge in [0.15, 0.2) is 12.1 Å². The van der Waals surface area contributed by atoms with E-state index in [1.807, 2.05) is 0 Å². The lowest BCUT2D eigenvalue weighted by atomic mass is 9.91. The summed E-state index contributed by atoms with van der Waals surface area (Å²) < 4.78 is 22.5. The summed E-state index contributed by atoms with van der Waals surface area (Å²) in [6.07, 6.45) is -8.80. The predicted octanol–water partition coefficient (Wildman–Crippen LogP) is -2.40. The van der Waals surface area contributed by atoms with E-state index in [2.05, 4.69) is 5.16 Å². The molecule has 28 heavy (non-hydrogen) atoms. The fourth-order valence-electron chi connectivity index (χ4n) is 4.22. The molecular formula is C17H27NO10. The molecule has 0 bridgehead atoms. The molecule has 0 amide bonds. The van der Waals surface area contributed by atoms with Crippen LogP contribution in [0.15, 0.2) is 5.16 Å². The molecule has 160 valence electrons. The topological polar surface area (TPSA) is 160 Å². The number of hydrogen-bond acceptors (Lipinski definition) is 11. The molecule has 0 aromatic carbocycles. The van der Waals surface area contributed by atoms with E-state index >= 15 is 0 Å². The Labute approximate surface area is 161 Å². The highest BCUT2D eigenvalue weighted by atomic mass is 16.8. The molecular weight excluding hydrogens is 378 g/mol. The Morgan fingerprint density at radius 1 is 0.964 bits per heavy atom. The molecule has 1 unspecified atom stereocenters. The first kappa shape index (κ1) is 20.4. The highest BCUT2D eigenvalue weighted by molar-refractivity contribution is 5.90. The fraction of sp³-hybridized carbons (Fsp3) is 0.941. The van der Waals surface area contributed by atoms with Crippen LogP contribution < -0.4 is 0 Å². The van der Waals surface area contributed by atoms with Gasteiger partial charge in [-0.3, -0.25) is 0 Å². The molecule has 11 nitrogen and oxygen atoms in total. The fourth-order valence-corrected chi connectivity index (χ4v) is 4.22. The SMILES string of the molecule is CC1(C)O[C@H]2[C@@H](C3=NO[C@H](C[C@H]4O[C@H](CO)[C@@H](O)[C@H](O)[C@@H]4O)C3)OC(O)[C@@H]2O1. The van der Waals surface area contributed by atoms with Crippen LogP contribution in [0.2, 0.25) is 0 Å². The van der Waals surface area contributed by atoms with Crippen LogP contribution in [0.1, 0.15) is 26.7 Å². The first-order valence-electron chi connectivity index (χ1n) is 9.42. The van der Waals surface area contributed by atoms with E-state index in [0.29, 0.717) is 12.1 Å². The van der Waals surface area contributed by atoms with Gasteiger partial charge in [-0.2, -0.15) is 0 Å². The van der Waals surface area contributed by atoms with Crippen molar-refractivity contribution in [1.82, 2.24) is 0 Å². The first-order chi connectivity index (χ1) is 13.2. The summed E-state index contributed by atoms with van der Waals surface area (Å²) in [6.45, 7) is 3.02. The number of fused-ring (bicyclic) bond motifs is 1. The molecule has 10 atom stereocenters. The maximum atomic E-state index is 10.2. The van der Waals surface area contributed by atoms with Gasteiger partial charge < -0.3 is 49.3 Å². The van der Waals surface area contributed by atoms with Gasteiger partial charge in [-0.1, -0.05) is 5.16 Å². The predicted molar refractivity (Wildman–Crippen MR) is 90.0 cm³/mol. The second-order valence-electron chi connectivity index (χ2n) is 8.13. The largest absolute Gasteiger partial charge is 0.394 e. The lowest BCUT2D eigenvalue weighted by Crippen LogP contribution is -2.59. The van der Waals surface area contributed by atoms with Gasteiger partial charge in [-0.15, -0.1) is 0 Å². The van der Waals surface area contributed by atoms with Gasteiger partial charge in [0, 0.05) is 12.8 Å². The molecule has 3 fully saturated rings. The van der Waals surface area contributed by atoms with E-state index in [-0.39, 0.29) is 6.42 Å². The summed E-state index contributed by atoms with van der Waals surface area (Å²) in [4.78, 5) is 5.43. The van der Waals surface area contributed by atoms with Crippen LogP contribution in [0.3, 0.4) is 0 Å². The quantitative estimate of drug-likeness (QED) is 0.341. The normalized spacial score (nSPS) is 50.3. The molecule has 4 aliphatic heterocycles. The summed E-state index contributed by atoms with van der Waals surface area (Å²) >= 11 is 0. The first-order valence-corrected chi connectivity index (χ1v) is 9.42. The lowest BCUT2D eigenvalue weighted by Gasteiger charge is -2.40. The number of aliphatic hydroxyl groups excluding tert-OH is 5. The minimum absolute atomic E-state index is 0.181. The number of hydrogen-bond donors (Lipinski definition) is 5. The molecule has 0 aromatic rings. The highest BCUT2D eigenvalue weighted by Crippen LogP contribution is 2.40. The Morgan fingerprint density at radius 3 is 2.36 bits per heavy atom. The van der Waals surface area contributed by atoms with E-state index in [1.165, 1.54) is 0 Å². The van der Waals surface area contributed by atoms with Crippen molar-refractivity contribution in [3.63, 3.8) is 0 Å². The van der Waals surface area contributed by atoms with E-state index < -0.39 is 73.6 Å². The minimum atomic E-state index is -1.43. The third-order valence-corrected chi connectivity index (χ3v) is 5.60. The van der Waals surface area contributed by atoms with E-state index in [9.17, 15) is 25.5 Å². The second-order valence-corrected chi connectivity index (χ2v) is 8.13. The Kier molecular flexibility index (Phi) is 5.40. The van der Waals surface area contributed by atoms with Crippen LogP contribution in [-0.2, 0) is 23.8 Å². The number of nitrogens with zero attached hydrogens (tertiary/aromatic N) is 1. The van der Waals surface area contributed by atoms with Crippen LogP contribution in [0.4, 0.5) is 0 Å². The van der Waals surface area contributed by atoms with E-state index in [4.69, 9.17) is 23.8 Å². The Bertz CT molecular complexity index is 613. The number of ether oxygens (including phenoxy) is 4. The molecule has 4 aliphatic rings. The average molecular weight is 405 g/mol. The Balaban J connectivity index is 1.37. The van der Waals surface area contributed by atoms with Crippen LogP contribution in [-0.4, -0.2) is 105 Å². The van der Waals surface area contributed by atoms with Crippen molar-refractivity contribution >= 4 is 5.71 Å². The van der Waals surface area contributed by atoms with Gasteiger partial charge in [-0.25, -0.2) is 0 Å². The molecule has 0 aromatic heterocycles. The molecule has 0 radical (unpaired) electrons. The van der Waals surface area contributed by atoms with Gasteiger partial charge in [0.25, 0.3) is 0 Å². The van der Waals surface area contributed by atoms with Crippen molar-refractivity contribution in [1.29, 1.82) is 0 Å². The van der Waals surface area contributed by atoms with Crippen molar-refractivity contribution in [2.75, 3.05) is 6.61 Å². The average Bonchev–Trinajstić information content (AvgIpc) is 3.30. The van der Waals surface area contributed by atoms with Crippen molar-refractivity contribution in [2.45, 2.75) is 93.7 Å². The van der Waals surface area contributed by atoms with Crippen molar-refractivity contribution in [3.8, 4) is 0 Å². The second kappa shape index (κ2) is 7.42. The monoisotopic (exact) mass is 405 g/mol. The van der Waals surface area contributed by atoms with E-state index in [0.717, 1.165) is 0 Å². The highest BCUT2D eigenvalue weighted by Gasteiger charge is 2.57. The summed E-state index contributed by atoms with van der Waals surface area (Å²) in [7, 11) is 0. The zero-order valence-electron chi connectivity index (χ0n) is 15.6. The number of oxime groups is 1. The summed E-state index contributed by atoms with van der Waals surface area (Å²) in [5, 5.41) is 53.4. The van der Waals surface area contributed by atoms with Crippen LogP contribution in [0.5, 0.6) is 0 Å². The van der Waals surface area contributed by atoms with Crippen molar-refractivity contribution in [3.05, 3.63) is 0 Å². The maximum Gasteiger partial charge on any atom is 0.184 e. The summed E-state index contributed by atoms with van der Waals surface area (Å²) in [6, 6.07) is 0. The molecule has 0 spiro atoms.